The van der Waals surface area contributed by atoms with Crippen molar-refractivity contribution in [3.05, 3.63) is 28.7 Å². The number of halogens is 1. The van der Waals surface area contributed by atoms with E-state index in [1.165, 1.54) is 5.69 Å². The molecule has 0 amide bonds. The Balaban J connectivity index is 2.23. The summed E-state index contributed by atoms with van der Waals surface area (Å²) in [6, 6.07) is 9.15. The molecule has 2 N–H and O–H groups in total. The molecule has 106 valence electrons. The van der Waals surface area contributed by atoms with Gasteiger partial charge in [-0.2, -0.15) is 0 Å². The van der Waals surface area contributed by atoms with Crippen LogP contribution in [0.25, 0.3) is 0 Å². The van der Waals surface area contributed by atoms with Crippen LogP contribution in [0.2, 0.25) is 0 Å². The first-order valence-corrected chi connectivity index (χ1v) is 7.80. The smallest absolute Gasteiger partial charge is 0.0429 e. The fourth-order valence-electron chi connectivity index (χ4n) is 3.00. The molecule has 2 rings (SSSR count). The molecular formula is C15H24BrN3. The molecule has 1 aliphatic heterocycles. The van der Waals surface area contributed by atoms with E-state index in [4.69, 9.17) is 5.73 Å². The van der Waals surface area contributed by atoms with Crippen molar-refractivity contribution in [1.29, 1.82) is 0 Å². The van der Waals surface area contributed by atoms with Crippen molar-refractivity contribution in [2.45, 2.75) is 19.4 Å². The number of benzene rings is 1. The predicted molar refractivity (Wildman–Crippen MR) is 85.6 cm³/mol. The van der Waals surface area contributed by atoms with Crippen molar-refractivity contribution >= 4 is 21.6 Å². The number of nitrogens with zero attached hydrogens (tertiary/aromatic N) is 2. The van der Waals surface area contributed by atoms with Gasteiger partial charge in [-0.05, 0) is 50.2 Å². The zero-order valence-electron chi connectivity index (χ0n) is 11.8. The first kappa shape index (κ1) is 14.8. The molecule has 2 unspecified atom stereocenters. The molecular weight excluding hydrogens is 302 g/mol. The predicted octanol–water partition coefficient (Wildman–Crippen LogP) is 2.55. The molecule has 1 aromatic rings. The van der Waals surface area contributed by atoms with E-state index in [-0.39, 0.29) is 0 Å². The highest BCUT2D eigenvalue weighted by Crippen LogP contribution is 2.25. The van der Waals surface area contributed by atoms with E-state index < -0.39 is 0 Å². The van der Waals surface area contributed by atoms with Gasteiger partial charge in [-0.15, -0.1) is 0 Å². The monoisotopic (exact) mass is 325 g/mol. The molecule has 0 radical (unpaired) electrons. The van der Waals surface area contributed by atoms with Crippen LogP contribution in [0.1, 0.15) is 13.3 Å². The molecule has 1 aliphatic rings. The Kier molecular flexibility index (Phi) is 5.25. The minimum Gasteiger partial charge on any atom is -0.367 e. The zero-order valence-corrected chi connectivity index (χ0v) is 13.4. The molecule has 1 fully saturated rings. The maximum absolute atomic E-state index is 5.80. The van der Waals surface area contributed by atoms with Crippen molar-refractivity contribution < 1.29 is 0 Å². The van der Waals surface area contributed by atoms with Gasteiger partial charge in [0.2, 0.25) is 0 Å². The molecule has 0 aliphatic carbocycles. The maximum atomic E-state index is 5.80. The second-order valence-electron chi connectivity index (χ2n) is 5.69. The van der Waals surface area contributed by atoms with Gasteiger partial charge in [0.15, 0.2) is 0 Å². The highest BCUT2D eigenvalue weighted by atomic mass is 79.9. The molecule has 2 atom stereocenters. The van der Waals surface area contributed by atoms with Crippen LogP contribution < -0.4 is 10.6 Å². The van der Waals surface area contributed by atoms with Crippen molar-refractivity contribution in [3.8, 4) is 0 Å². The number of nitrogens with two attached hydrogens (primary N) is 1. The normalized spacial score (nSPS) is 25.4. The lowest BCUT2D eigenvalue weighted by Gasteiger charge is -2.33. The van der Waals surface area contributed by atoms with Crippen LogP contribution in [0, 0.1) is 5.92 Å². The fraction of sp³-hybridized carbons (Fsp3) is 0.600. The van der Waals surface area contributed by atoms with Gasteiger partial charge in [0.25, 0.3) is 0 Å². The molecule has 4 heteroatoms. The summed E-state index contributed by atoms with van der Waals surface area (Å²) < 4.78 is 1.13. The molecule has 0 aromatic heterocycles. The van der Waals surface area contributed by atoms with Gasteiger partial charge >= 0.3 is 0 Å². The van der Waals surface area contributed by atoms with Crippen LogP contribution in [0.15, 0.2) is 28.7 Å². The van der Waals surface area contributed by atoms with E-state index >= 15 is 0 Å². The minimum atomic E-state index is 0.515. The summed E-state index contributed by atoms with van der Waals surface area (Å²) in [6.07, 6.45) is 1.05. The summed E-state index contributed by atoms with van der Waals surface area (Å²) in [7, 11) is 2.21. The van der Waals surface area contributed by atoms with Crippen LogP contribution in [-0.2, 0) is 0 Å². The third-order valence-electron chi connectivity index (χ3n) is 3.75. The van der Waals surface area contributed by atoms with E-state index in [0.29, 0.717) is 12.0 Å². The standard InChI is InChI=1S/C15H24BrN3/c1-12-9-18(2)11-15(7-8-17)19(10-12)14-5-3-13(16)4-6-14/h3-6,12,15H,7-11,17H2,1-2H3. The van der Waals surface area contributed by atoms with Gasteiger partial charge in [0.1, 0.15) is 0 Å². The second kappa shape index (κ2) is 6.73. The van der Waals surface area contributed by atoms with Crippen LogP contribution in [0.3, 0.4) is 0 Å². The van der Waals surface area contributed by atoms with Crippen molar-refractivity contribution in [1.82, 2.24) is 4.90 Å². The third kappa shape index (κ3) is 3.94. The number of anilines is 1. The van der Waals surface area contributed by atoms with Gasteiger partial charge in [-0.3, -0.25) is 0 Å². The fourth-order valence-corrected chi connectivity index (χ4v) is 3.26. The maximum Gasteiger partial charge on any atom is 0.0429 e. The lowest BCUT2D eigenvalue weighted by Crippen LogP contribution is -2.42. The molecule has 1 heterocycles. The SMILES string of the molecule is CC1CN(C)CC(CCN)N(c2ccc(Br)cc2)C1. The third-order valence-corrected chi connectivity index (χ3v) is 4.28. The van der Waals surface area contributed by atoms with Crippen LogP contribution in [-0.4, -0.2) is 44.2 Å². The van der Waals surface area contributed by atoms with Crippen LogP contribution in [0.5, 0.6) is 0 Å². The number of hydrogen-bond donors (Lipinski definition) is 1. The molecule has 0 bridgehead atoms. The second-order valence-corrected chi connectivity index (χ2v) is 6.60. The average Bonchev–Trinajstić information content (AvgIpc) is 2.49. The summed E-state index contributed by atoms with van der Waals surface area (Å²) in [6.45, 7) is 6.44. The molecule has 3 nitrogen and oxygen atoms in total. The summed E-state index contributed by atoms with van der Waals surface area (Å²) >= 11 is 3.51. The minimum absolute atomic E-state index is 0.515. The van der Waals surface area contributed by atoms with Crippen LogP contribution >= 0.6 is 15.9 Å². The van der Waals surface area contributed by atoms with Crippen molar-refractivity contribution in [3.63, 3.8) is 0 Å². The van der Waals surface area contributed by atoms with Gasteiger partial charge < -0.3 is 15.5 Å². The Morgan fingerprint density at radius 3 is 2.53 bits per heavy atom. The Bertz CT molecular complexity index is 393. The molecule has 0 spiro atoms. The van der Waals surface area contributed by atoms with Gasteiger partial charge in [-0.25, -0.2) is 0 Å². The molecule has 0 saturated carbocycles. The van der Waals surface area contributed by atoms with E-state index in [1.807, 2.05) is 0 Å². The van der Waals surface area contributed by atoms with Gasteiger partial charge in [0.05, 0.1) is 0 Å². The quantitative estimate of drug-likeness (QED) is 0.927. The zero-order chi connectivity index (χ0) is 13.8. The number of likely N-dealkylation sites (N-methyl/N-ethyl adjacent to an activating group) is 1. The average molecular weight is 326 g/mol. The summed E-state index contributed by atoms with van der Waals surface area (Å²) in [4.78, 5) is 4.97. The molecule has 19 heavy (non-hydrogen) atoms. The van der Waals surface area contributed by atoms with Crippen LogP contribution in [0.4, 0.5) is 5.69 Å². The van der Waals surface area contributed by atoms with E-state index in [0.717, 1.165) is 37.1 Å². The Morgan fingerprint density at radius 1 is 1.21 bits per heavy atom. The topological polar surface area (TPSA) is 32.5 Å². The van der Waals surface area contributed by atoms with E-state index in [1.54, 1.807) is 0 Å². The van der Waals surface area contributed by atoms with Gasteiger partial charge in [0, 0.05) is 35.8 Å². The van der Waals surface area contributed by atoms with Crippen molar-refractivity contribution in [2.24, 2.45) is 11.7 Å². The Hall–Kier alpha value is -0.580. The highest BCUT2D eigenvalue weighted by molar-refractivity contribution is 9.10. The van der Waals surface area contributed by atoms with Gasteiger partial charge in [-0.1, -0.05) is 22.9 Å². The molecule has 1 saturated heterocycles. The van der Waals surface area contributed by atoms with E-state index in [9.17, 15) is 0 Å². The lowest BCUT2D eigenvalue weighted by atomic mass is 10.1. The highest BCUT2D eigenvalue weighted by Gasteiger charge is 2.26. The largest absolute Gasteiger partial charge is 0.367 e. The summed E-state index contributed by atoms with van der Waals surface area (Å²) in [5, 5.41) is 0. The number of hydrogen-bond acceptors (Lipinski definition) is 3. The van der Waals surface area contributed by atoms with E-state index in [2.05, 4.69) is 64.0 Å². The lowest BCUT2D eigenvalue weighted by molar-refractivity contribution is 0.300. The Morgan fingerprint density at radius 2 is 1.89 bits per heavy atom. The number of rotatable bonds is 3. The Labute approximate surface area is 124 Å². The summed E-state index contributed by atoms with van der Waals surface area (Å²) in [5.74, 6) is 0.677. The van der Waals surface area contributed by atoms with Crippen molar-refractivity contribution in [2.75, 3.05) is 38.1 Å². The summed E-state index contributed by atoms with van der Waals surface area (Å²) in [5.41, 5.74) is 7.11. The first-order chi connectivity index (χ1) is 9.10. The first-order valence-electron chi connectivity index (χ1n) is 7.01. The molecule has 1 aromatic carbocycles.